The summed E-state index contributed by atoms with van der Waals surface area (Å²) in [5.74, 6) is 1.19. The summed E-state index contributed by atoms with van der Waals surface area (Å²) in [5.41, 5.74) is 4.48. The number of fused-ring (bicyclic) bond motifs is 2. The number of ether oxygens (including phenoxy) is 2. The number of carbonyl (C=O) groups is 1. The molecule has 1 N–H and O–H groups in total. The zero-order valence-corrected chi connectivity index (χ0v) is 18.3. The standard InChI is InChI=1S/C25H24N4O3/c1-15(2)29-24-19(14-26-29)18(25(30)28-20-7-5-4-6-16(20)3)13-21(27-24)17-8-9-22-23(12-17)32-11-10-31-22/h4-9,12-15H,10-11H2,1-3H3,(H,28,30). The van der Waals surface area contributed by atoms with E-state index in [-0.39, 0.29) is 11.9 Å². The first kappa shape index (κ1) is 20.1. The number of hydrogen-bond acceptors (Lipinski definition) is 5. The molecule has 32 heavy (non-hydrogen) atoms. The Balaban J connectivity index is 1.64. The fourth-order valence-corrected chi connectivity index (χ4v) is 3.84. The van der Waals surface area contributed by atoms with Crippen LogP contribution < -0.4 is 14.8 Å². The van der Waals surface area contributed by atoms with Gasteiger partial charge >= 0.3 is 0 Å². The lowest BCUT2D eigenvalue weighted by atomic mass is 10.1. The number of benzene rings is 2. The number of nitrogens with zero attached hydrogens (tertiary/aromatic N) is 3. The fourth-order valence-electron chi connectivity index (χ4n) is 3.84. The van der Waals surface area contributed by atoms with Gasteiger partial charge in [-0.05, 0) is 56.7 Å². The molecule has 4 aromatic rings. The second kappa shape index (κ2) is 8.00. The summed E-state index contributed by atoms with van der Waals surface area (Å²) < 4.78 is 13.2. The van der Waals surface area contributed by atoms with Gasteiger partial charge in [0.25, 0.3) is 5.91 Å². The molecule has 1 amide bonds. The largest absolute Gasteiger partial charge is 0.486 e. The van der Waals surface area contributed by atoms with Crippen LogP contribution in [0.4, 0.5) is 5.69 Å². The summed E-state index contributed by atoms with van der Waals surface area (Å²) in [5, 5.41) is 8.25. The van der Waals surface area contributed by atoms with Crippen LogP contribution in [0.25, 0.3) is 22.3 Å². The van der Waals surface area contributed by atoms with Gasteiger partial charge in [-0.3, -0.25) is 4.79 Å². The van der Waals surface area contributed by atoms with Crippen molar-refractivity contribution in [2.24, 2.45) is 0 Å². The monoisotopic (exact) mass is 428 g/mol. The van der Waals surface area contributed by atoms with Crippen LogP contribution in [0.5, 0.6) is 11.5 Å². The van der Waals surface area contributed by atoms with Gasteiger partial charge < -0.3 is 14.8 Å². The number of hydrogen-bond donors (Lipinski definition) is 1. The fraction of sp³-hybridized carbons (Fsp3) is 0.240. The molecule has 0 radical (unpaired) electrons. The van der Waals surface area contributed by atoms with Crippen LogP contribution in [0.3, 0.4) is 0 Å². The quantitative estimate of drug-likeness (QED) is 0.494. The Kier molecular flexibility index (Phi) is 5.01. The van der Waals surface area contributed by atoms with Gasteiger partial charge in [0.15, 0.2) is 17.1 Å². The highest BCUT2D eigenvalue weighted by atomic mass is 16.6. The molecule has 0 spiro atoms. The molecule has 7 nitrogen and oxygen atoms in total. The van der Waals surface area contributed by atoms with Gasteiger partial charge in [-0.15, -0.1) is 0 Å². The Labute approximate surface area is 186 Å². The SMILES string of the molecule is Cc1ccccc1NC(=O)c1cc(-c2ccc3c(c2)OCCO3)nc2c1cnn2C(C)C. The van der Waals surface area contributed by atoms with E-state index >= 15 is 0 Å². The van der Waals surface area contributed by atoms with Gasteiger partial charge in [-0.2, -0.15) is 5.10 Å². The number of amides is 1. The van der Waals surface area contributed by atoms with E-state index in [2.05, 4.69) is 10.4 Å². The summed E-state index contributed by atoms with van der Waals surface area (Å²) in [4.78, 5) is 18.2. The van der Waals surface area contributed by atoms with Crippen LogP contribution in [-0.4, -0.2) is 33.9 Å². The Bertz CT molecular complexity index is 1330. The van der Waals surface area contributed by atoms with E-state index in [1.807, 2.05) is 74.0 Å². The van der Waals surface area contributed by atoms with Crippen LogP contribution in [0.15, 0.2) is 54.7 Å². The molecular formula is C25H24N4O3. The first-order valence-corrected chi connectivity index (χ1v) is 10.7. The van der Waals surface area contributed by atoms with Gasteiger partial charge in [-0.1, -0.05) is 18.2 Å². The number of aromatic nitrogens is 3. The third-order valence-electron chi connectivity index (χ3n) is 5.53. The minimum Gasteiger partial charge on any atom is -0.486 e. The van der Waals surface area contributed by atoms with Crippen LogP contribution >= 0.6 is 0 Å². The van der Waals surface area contributed by atoms with E-state index in [0.717, 1.165) is 16.8 Å². The Morgan fingerprint density at radius 2 is 1.84 bits per heavy atom. The van der Waals surface area contributed by atoms with E-state index in [9.17, 15) is 4.79 Å². The highest BCUT2D eigenvalue weighted by Crippen LogP contribution is 2.35. The van der Waals surface area contributed by atoms with Crippen molar-refractivity contribution >= 4 is 22.6 Å². The van der Waals surface area contributed by atoms with Gasteiger partial charge in [-0.25, -0.2) is 9.67 Å². The summed E-state index contributed by atoms with van der Waals surface area (Å²) in [6.07, 6.45) is 1.71. The van der Waals surface area contributed by atoms with Crippen LogP contribution in [-0.2, 0) is 0 Å². The summed E-state index contributed by atoms with van der Waals surface area (Å²) in [6, 6.07) is 15.3. The maximum Gasteiger partial charge on any atom is 0.256 e. The number of para-hydroxylation sites is 1. The van der Waals surface area contributed by atoms with Crippen LogP contribution in [0, 0.1) is 6.92 Å². The van der Waals surface area contributed by atoms with Crippen molar-refractivity contribution in [1.29, 1.82) is 0 Å². The molecule has 0 bridgehead atoms. The average molecular weight is 428 g/mol. The van der Waals surface area contributed by atoms with Crippen molar-refractivity contribution in [1.82, 2.24) is 14.8 Å². The Morgan fingerprint density at radius 3 is 2.62 bits per heavy atom. The van der Waals surface area contributed by atoms with Crippen molar-refractivity contribution in [3.05, 3.63) is 65.9 Å². The lowest BCUT2D eigenvalue weighted by Gasteiger charge is -2.19. The normalized spacial score (nSPS) is 12.9. The molecule has 3 heterocycles. The molecule has 0 saturated carbocycles. The lowest BCUT2D eigenvalue weighted by Crippen LogP contribution is -2.15. The van der Waals surface area contributed by atoms with Gasteiger partial charge in [0.2, 0.25) is 0 Å². The molecule has 1 aliphatic rings. The molecule has 0 fully saturated rings. The molecule has 2 aromatic heterocycles. The molecule has 162 valence electrons. The smallest absolute Gasteiger partial charge is 0.256 e. The molecule has 0 atom stereocenters. The van der Waals surface area contributed by atoms with E-state index in [1.54, 1.807) is 6.20 Å². The number of nitrogens with one attached hydrogen (secondary N) is 1. The molecule has 0 saturated heterocycles. The first-order valence-electron chi connectivity index (χ1n) is 10.7. The predicted octanol–water partition coefficient (Wildman–Crippen LogP) is 5.01. The van der Waals surface area contributed by atoms with E-state index in [1.165, 1.54) is 0 Å². The third-order valence-corrected chi connectivity index (χ3v) is 5.53. The summed E-state index contributed by atoms with van der Waals surface area (Å²) in [6.45, 7) is 7.09. The molecule has 0 unspecified atom stereocenters. The number of carbonyl (C=O) groups excluding carboxylic acids is 1. The molecule has 0 aliphatic carbocycles. The predicted molar refractivity (Wildman–Crippen MR) is 123 cm³/mol. The van der Waals surface area contributed by atoms with Gasteiger partial charge in [0.05, 0.1) is 22.8 Å². The number of aryl methyl sites for hydroxylation is 1. The average Bonchev–Trinajstić information content (AvgIpc) is 3.24. The zero-order valence-electron chi connectivity index (χ0n) is 18.3. The Morgan fingerprint density at radius 1 is 1.06 bits per heavy atom. The van der Waals surface area contributed by atoms with Gasteiger partial charge in [0.1, 0.15) is 13.2 Å². The minimum absolute atomic E-state index is 0.0998. The number of anilines is 1. The van der Waals surface area contributed by atoms with Crippen molar-refractivity contribution < 1.29 is 14.3 Å². The van der Waals surface area contributed by atoms with Crippen LogP contribution in [0.2, 0.25) is 0 Å². The third kappa shape index (κ3) is 3.56. The van der Waals surface area contributed by atoms with Crippen molar-refractivity contribution in [3.8, 4) is 22.8 Å². The second-order valence-electron chi connectivity index (χ2n) is 8.10. The van der Waals surface area contributed by atoms with Gasteiger partial charge in [0, 0.05) is 17.3 Å². The molecular weight excluding hydrogens is 404 g/mol. The highest BCUT2D eigenvalue weighted by molar-refractivity contribution is 6.12. The Hall–Kier alpha value is -3.87. The van der Waals surface area contributed by atoms with Crippen molar-refractivity contribution in [2.45, 2.75) is 26.8 Å². The maximum absolute atomic E-state index is 13.4. The molecule has 1 aliphatic heterocycles. The molecule has 7 heteroatoms. The summed E-state index contributed by atoms with van der Waals surface area (Å²) in [7, 11) is 0. The summed E-state index contributed by atoms with van der Waals surface area (Å²) >= 11 is 0. The lowest BCUT2D eigenvalue weighted by molar-refractivity contribution is 0.102. The van der Waals surface area contributed by atoms with E-state index in [0.29, 0.717) is 47.0 Å². The highest BCUT2D eigenvalue weighted by Gasteiger charge is 2.20. The second-order valence-corrected chi connectivity index (χ2v) is 8.10. The molecule has 2 aromatic carbocycles. The first-order chi connectivity index (χ1) is 15.5. The van der Waals surface area contributed by atoms with Crippen molar-refractivity contribution in [2.75, 3.05) is 18.5 Å². The number of pyridine rings is 1. The zero-order chi connectivity index (χ0) is 22.2. The minimum atomic E-state index is -0.200. The van der Waals surface area contributed by atoms with E-state index in [4.69, 9.17) is 14.5 Å². The topological polar surface area (TPSA) is 78.3 Å². The van der Waals surface area contributed by atoms with E-state index < -0.39 is 0 Å². The van der Waals surface area contributed by atoms with Crippen molar-refractivity contribution in [3.63, 3.8) is 0 Å². The van der Waals surface area contributed by atoms with Crippen LogP contribution in [0.1, 0.15) is 35.8 Å². The maximum atomic E-state index is 13.4. The number of rotatable bonds is 4. The molecule has 5 rings (SSSR count).